The Bertz CT molecular complexity index is 1080. The van der Waals surface area contributed by atoms with Crippen molar-refractivity contribution in [2.45, 2.75) is 77.0 Å². The largest absolute Gasteiger partial charge is 0.354 e. The number of carbonyl (C=O) groups excluding carboxylic acids is 6. The van der Waals surface area contributed by atoms with Crippen LogP contribution in [0.2, 0.25) is 0 Å². The van der Waals surface area contributed by atoms with E-state index in [4.69, 9.17) is 5.73 Å². The third-order valence-electron chi connectivity index (χ3n) is 6.66. The van der Waals surface area contributed by atoms with Gasteiger partial charge in [-0.15, -0.1) is 0 Å². The van der Waals surface area contributed by atoms with Crippen LogP contribution >= 0.6 is 0 Å². The number of hydrogen-bond acceptors (Lipinski definition) is 6. The van der Waals surface area contributed by atoms with Crippen molar-refractivity contribution < 1.29 is 28.8 Å². The van der Waals surface area contributed by atoms with Crippen LogP contribution in [0.5, 0.6) is 0 Å². The predicted molar refractivity (Wildman–Crippen MR) is 147 cm³/mol. The molecule has 0 radical (unpaired) electrons. The summed E-state index contributed by atoms with van der Waals surface area (Å²) in [5.41, 5.74) is 4.17. The maximum atomic E-state index is 13.6. The highest BCUT2D eigenvalue weighted by molar-refractivity contribution is 5.97. The van der Waals surface area contributed by atoms with E-state index in [9.17, 15) is 28.8 Å². The van der Waals surface area contributed by atoms with Gasteiger partial charge in [0.2, 0.25) is 29.5 Å². The molecule has 1 fully saturated rings. The van der Waals surface area contributed by atoms with Crippen LogP contribution < -0.4 is 37.6 Å². The fraction of sp³-hybridized carbons (Fsp3) is 0.556. The maximum Gasteiger partial charge on any atom is 0.312 e. The molecular weight excluding hydrogens is 518 g/mol. The molecule has 1 aliphatic heterocycles. The van der Waals surface area contributed by atoms with Gasteiger partial charge in [-0.3, -0.25) is 24.0 Å². The van der Waals surface area contributed by atoms with Gasteiger partial charge in [0.05, 0.1) is 0 Å². The summed E-state index contributed by atoms with van der Waals surface area (Å²) in [7, 11) is 0. The van der Waals surface area contributed by atoms with Crippen LogP contribution in [0.4, 0.5) is 4.79 Å². The van der Waals surface area contributed by atoms with Crippen LogP contribution in [-0.2, 0) is 24.0 Å². The minimum absolute atomic E-state index is 0.00304. The molecule has 1 saturated heterocycles. The molecule has 0 saturated carbocycles. The molecule has 1 heterocycles. The Morgan fingerprint density at radius 1 is 1.00 bits per heavy atom. The third-order valence-corrected chi connectivity index (χ3v) is 6.66. The van der Waals surface area contributed by atoms with Crippen LogP contribution in [0.1, 0.15) is 65.0 Å². The second-order valence-electron chi connectivity index (χ2n) is 10.3. The molecule has 8 N–H and O–H groups in total. The highest BCUT2D eigenvalue weighted by atomic mass is 16.2. The van der Waals surface area contributed by atoms with Gasteiger partial charge in [0.15, 0.2) is 0 Å². The summed E-state index contributed by atoms with van der Waals surface area (Å²) >= 11 is 0. The highest BCUT2D eigenvalue weighted by Crippen LogP contribution is 2.17. The summed E-state index contributed by atoms with van der Waals surface area (Å²) in [6, 6.07) is 4.80. The number of primary amides is 1. The van der Waals surface area contributed by atoms with Crippen molar-refractivity contribution in [2.24, 2.45) is 11.7 Å². The normalized spacial score (nSPS) is 24.6. The summed E-state index contributed by atoms with van der Waals surface area (Å²) in [6.07, 6.45) is 0.638. The van der Waals surface area contributed by atoms with Crippen LogP contribution in [0.25, 0.3) is 0 Å². The van der Waals surface area contributed by atoms with E-state index in [1.807, 2.05) is 0 Å². The Hall–Kier alpha value is -4.16. The van der Waals surface area contributed by atoms with E-state index < -0.39 is 59.2 Å². The SMILES string of the molecule is CC[C@@H]1NC(=O)[C@H](CCCNC(N)=O)NC(=O)[C@](C)(NC(=O)C(C)C)CCNC(=O)[C@@H](c2ccccc2)NC1=O. The molecule has 220 valence electrons. The van der Waals surface area contributed by atoms with E-state index in [2.05, 4.69) is 31.9 Å². The zero-order valence-electron chi connectivity index (χ0n) is 23.5. The van der Waals surface area contributed by atoms with Gasteiger partial charge in [0.1, 0.15) is 23.7 Å². The number of urea groups is 1. The zero-order valence-corrected chi connectivity index (χ0v) is 23.5. The van der Waals surface area contributed by atoms with Crippen molar-refractivity contribution in [3.8, 4) is 0 Å². The van der Waals surface area contributed by atoms with Crippen LogP contribution in [0.3, 0.4) is 0 Å². The Balaban J connectivity index is 2.44. The van der Waals surface area contributed by atoms with Crippen LogP contribution in [0, 0.1) is 5.92 Å². The molecule has 0 aromatic heterocycles. The average molecular weight is 560 g/mol. The fourth-order valence-electron chi connectivity index (χ4n) is 4.10. The van der Waals surface area contributed by atoms with Gasteiger partial charge in [-0.25, -0.2) is 4.79 Å². The number of benzene rings is 1. The first-order valence-corrected chi connectivity index (χ1v) is 13.5. The summed E-state index contributed by atoms with van der Waals surface area (Å²) in [5.74, 6) is -3.12. The second kappa shape index (κ2) is 14.8. The number of rotatable bonds is 8. The van der Waals surface area contributed by atoms with Gasteiger partial charge in [-0.1, -0.05) is 51.1 Å². The predicted octanol–water partition coefficient (Wildman–Crippen LogP) is -0.277. The quantitative estimate of drug-likeness (QED) is 0.214. The minimum Gasteiger partial charge on any atom is -0.354 e. The first-order valence-electron chi connectivity index (χ1n) is 13.5. The van der Waals surface area contributed by atoms with E-state index in [1.165, 1.54) is 6.92 Å². The molecule has 0 spiro atoms. The van der Waals surface area contributed by atoms with Crippen molar-refractivity contribution in [1.82, 2.24) is 31.9 Å². The summed E-state index contributed by atoms with van der Waals surface area (Å²) in [6.45, 7) is 6.75. The van der Waals surface area contributed by atoms with Gasteiger partial charge in [0.25, 0.3) is 0 Å². The average Bonchev–Trinajstić information content (AvgIpc) is 2.91. The standard InChI is InChI=1S/C27H41N7O6/c1-5-18-22(36)33-20(17-10-7-6-8-11-17)24(38)29-15-13-27(4,34-21(35)16(2)3)25(39)32-19(23(37)31-18)12-9-14-30-26(28)40/h6-8,10-11,16,18-20H,5,9,12-15H2,1-4H3,(H,29,38)(H,31,37)(H,32,39)(H,33,36)(H,34,35)(H3,28,30,40)/t18-,19-,20+,27+/m0/s1. The van der Waals surface area contributed by atoms with E-state index in [-0.39, 0.29) is 38.3 Å². The summed E-state index contributed by atoms with van der Waals surface area (Å²) in [5, 5.41) is 16.0. The van der Waals surface area contributed by atoms with E-state index in [0.29, 0.717) is 12.0 Å². The van der Waals surface area contributed by atoms with E-state index in [1.54, 1.807) is 51.1 Å². The molecule has 1 aromatic rings. The molecular formula is C27H41N7O6. The zero-order chi connectivity index (χ0) is 29.9. The van der Waals surface area contributed by atoms with Gasteiger partial charge in [-0.05, 0) is 38.2 Å². The Morgan fingerprint density at radius 3 is 2.25 bits per heavy atom. The smallest absolute Gasteiger partial charge is 0.312 e. The van der Waals surface area contributed by atoms with Crippen molar-refractivity contribution in [2.75, 3.05) is 13.1 Å². The number of carbonyl (C=O) groups is 6. The third kappa shape index (κ3) is 9.24. The van der Waals surface area contributed by atoms with E-state index in [0.717, 1.165) is 0 Å². The van der Waals surface area contributed by atoms with Crippen molar-refractivity contribution in [3.63, 3.8) is 0 Å². The van der Waals surface area contributed by atoms with Crippen molar-refractivity contribution >= 4 is 35.6 Å². The lowest BCUT2D eigenvalue weighted by Gasteiger charge is -2.33. The molecule has 40 heavy (non-hydrogen) atoms. The molecule has 7 amide bonds. The maximum absolute atomic E-state index is 13.6. The summed E-state index contributed by atoms with van der Waals surface area (Å²) in [4.78, 5) is 77.0. The monoisotopic (exact) mass is 559 g/mol. The number of nitrogens with one attached hydrogen (secondary N) is 6. The molecule has 13 heteroatoms. The van der Waals surface area contributed by atoms with Crippen molar-refractivity contribution in [3.05, 3.63) is 35.9 Å². The molecule has 0 unspecified atom stereocenters. The number of amides is 7. The molecule has 1 aromatic carbocycles. The molecule has 0 aliphatic carbocycles. The van der Waals surface area contributed by atoms with Gasteiger partial charge < -0.3 is 37.6 Å². The molecule has 2 rings (SSSR count). The van der Waals surface area contributed by atoms with Gasteiger partial charge >= 0.3 is 6.03 Å². The lowest BCUT2D eigenvalue weighted by atomic mass is 9.94. The lowest BCUT2D eigenvalue weighted by molar-refractivity contribution is -0.138. The van der Waals surface area contributed by atoms with Crippen LogP contribution in [0.15, 0.2) is 30.3 Å². The Kier molecular flexibility index (Phi) is 11.9. The summed E-state index contributed by atoms with van der Waals surface area (Å²) < 4.78 is 0. The lowest BCUT2D eigenvalue weighted by Crippen LogP contribution is -2.63. The number of hydrogen-bond donors (Lipinski definition) is 7. The topological polar surface area (TPSA) is 201 Å². The van der Waals surface area contributed by atoms with E-state index >= 15 is 0 Å². The molecule has 13 nitrogen and oxygen atoms in total. The first-order chi connectivity index (χ1) is 18.9. The molecule has 4 atom stereocenters. The molecule has 0 bridgehead atoms. The van der Waals surface area contributed by atoms with Gasteiger partial charge in [-0.2, -0.15) is 0 Å². The van der Waals surface area contributed by atoms with Crippen LogP contribution in [-0.4, -0.2) is 66.3 Å². The van der Waals surface area contributed by atoms with Gasteiger partial charge in [0, 0.05) is 19.0 Å². The first kappa shape index (κ1) is 32.1. The molecule has 1 aliphatic rings. The highest BCUT2D eigenvalue weighted by Gasteiger charge is 2.38. The fourth-order valence-corrected chi connectivity index (χ4v) is 4.10. The van der Waals surface area contributed by atoms with Crippen molar-refractivity contribution in [1.29, 1.82) is 0 Å². The second-order valence-corrected chi connectivity index (χ2v) is 10.3. The Morgan fingerprint density at radius 2 is 1.65 bits per heavy atom. The Labute approximate surface area is 234 Å². The number of nitrogens with two attached hydrogens (primary N) is 1. The minimum atomic E-state index is -1.47.